The molecule has 1 fully saturated rings. The third kappa shape index (κ3) is 5.82. The molecule has 0 aliphatic carbocycles. The predicted molar refractivity (Wildman–Crippen MR) is 65.4 cm³/mol. The fourth-order valence-electron chi connectivity index (χ4n) is 2.12. The zero-order chi connectivity index (χ0) is 12.0. The number of hydrogen-bond acceptors (Lipinski definition) is 4. The van der Waals surface area contributed by atoms with Crippen molar-refractivity contribution < 1.29 is 13.2 Å². The minimum absolute atomic E-state index is 0.288. The van der Waals surface area contributed by atoms with Crippen molar-refractivity contribution in [2.45, 2.75) is 44.2 Å². The average Bonchev–Trinajstić information content (AvgIpc) is 2.67. The number of ether oxygens (including phenoxy) is 1. The summed E-state index contributed by atoms with van der Waals surface area (Å²) < 4.78 is 27.6. The molecular formula is C11H23NO3S. The largest absolute Gasteiger partial charge is 0.378 e. The first-order valence-corrected chi connectivity index (χ1v) is 8.04. The molecule has 0 aromatic rings. The van der Waals surface area contributed by atoms with Crippen molar-refractivity contribution in [2.75, 3.05) is 25.7 Å². The van der Waals surface area contributed by atoms with Crippen LogP contribution >= 0.6 is 0 Å². The van der Waals surface area contributed by atoms with Crippen LogP contribution in [-0.4, -0.2) is 46.2 Å². The normalized spacial score (nSPS) is 23.5. The van der Waals surface area contributed by atoms with Gasteiger partial charge in [-0.2, -0.15) is 0 Å². The second-order valence-corrected chi connectivity index (χ2v) is 6.89. The first-order chi connectivity index (χ1) is 7.51. The molecular weight excluding hydrogens is 226 g/mol. The highest BCUT2D eigenvalue weighted by atomic mass is 32.2. The van der Waals surface area contributed by atoms with Crippen LogP contribution in [0.3, 0.4) is 0 Å². The van der Waals surface area contributed by atoms with E-state index < -0.39 is 9.84 Å². The van der Waals surface area contributed by atoms with Crippen LogP contribution in [0, 0.1) is 0 Å². The lowest BCUT2D eigenvalue weighted by Gasteiger charge is -2.19. The molecule has 0 amide bonds. The van der Waals surface area contributed by atoms with Crippen molar-refractivity contribution in [1.82, 2.24) is 5.32 Å². The molecule has 1 N–H and O–H groups in total. The summed E-state index contributed by atoms with van der Waals surface area (Å²) in [4.78, 5) is 0. The standard InChI is InChI=1S/C11H23NO3S/c1-12-10(5-4-8-16(2,13)14)9-11-6-3-7-15-11/h10-12H,3-9H2,1-2H3. The van der Waals surface area contributed by atoms with Gasteiger partial charge >= 0.3 is 0 Å². The van der Waals surface area contributed by atoms with Gasteiger partial charge in [0.2, 0.25) is 0 Å². The van der Waals surface area contributed by atoms with E-state index in [1.54, 1.807) is 0 Å². The van der Waals surface area contributed by atoms with E-state index in [0.717, 1.165) is 38.7 Å². The van der Waals surface area contributed by atoms with Crippen LogP contribution in [0.1, 0.15) is 32.1 Å². The first-order valence-electron chi connectivity index (χ1n) is 5.98. The molecule has 1 saturated heterocycles. The van der Waals surface area contributed by atoms with Crippen LogP contribution in [0.4, 0.5) is 0 Å². The Labute approximate surface area is 98.7 Å². The lowest BCUT2D eigenvalue weighted by atomic mass is 10.0. The van der Waals surface area contributed by atoms with E-state index in [-0.39, 0.29) is 5.75 Å². The Hall–Kier alpha value is -0.130. The maximum atomic E-state index is 11.0. The van der Waals surface area contributed by atoms with E-state index >= 15 is 0 Å². The van der Waals surface area contributed by atoms with Gasteiger partial charge in [0.1, 0.15) is 9.84 Å². The van der Waals surface area contributed by atoms with Gasteiger partial charge in [0.15, 0.2) is 0 Å². The molecule has 4 nitrogen and oxygen atoms in total. The van der Waals surface area contributed by atoms with Crippen LogP contribution in [0.5, 0.6) is 0 Å². The number of nitrogens with one attached hydrogen (secondary N) is 1. The highest BCUT2D eigenvalue weighted by Gasteiger charge is 2.19. The molecule has 0 spiro atoms. The Morgan fingerprint density at radius 1 is 1.50 bits per heavy atom. The molecule has 0 bridgehead atoms. The Bertz CT molecular complexity index is 284. The fraction of sp³-hybridized carbons (Fsp3) is 1.00. The molecule has 1 aliphatic heterocycles. The van der Waals surface area contributed by atoms with Crippen LogP contribution < -0.4 is 5.32 Å². The fourth-order valence-corrected chi connectivity index (χ4v) is 2.81. The summed E-state index contributed by atoms with van der Waals surface area (Å²) >= 11 is 0. The van der Waals surface area contributed by atoms with E-state index in [1.165, 1.54) is 6.26 Å². The van der Waals surface area contributed by atoms with Crippen molar-refractivity contribution >= 4 is 9.84 Å². The molecule has 0 saturated carbocycles. The zero-order valence-corrected chi connectivity index (χ0v) is 11.1. The van der Waals surface area contributed by atoms with Gasteiger partial charge < -0.3 is 10.1 Å². The molecule has 0 aromatic heterocycles. The number of hydrogen-bond donors (Lipinski definition) is 1. The number of rotatable bonds is 7. The Morgan fingerprint density at radius 3 is 2.75 bits per heavy atom. The van der Waals surface area contributed by atoms with Gasteiger partial charge in [0.25, 0.3) is 0 Å². The summed E-state index contributed by atoms with van der Waals surface area (Å²) in [6, 6.07) is 0.379. The van der Waals surface area contributed by atoms with Crippen molar-refractivity contribution in [3.63, 3.8) is 0 Å². The van der Waals surface area contributed by atoms with Crippen molar-refractivity contribution in [3.8, 4) is 0 Å². The lowest BCUT2D eigenvalue weighted by Crippen LogP contribution is -2.30. The highest BCUT2D eigenvalue weighted by molar-refractivity contribution is 7.90. The predicted octanol–water partition coefficient (Wildman–Crippen LogP) is 0.968. The van der Waals surface area contributed by atoms with Gasteiger partial charge in [-0.15, -0.1) is 0 Å². The third-order valence-corrected chi connectivity index (χ3v) is 4.08. The molecule has 2 atom stereocenters. The van der Waals surface area contributed by atoms with Crippen LogP contribution in [0.25, 0.3) is 0 Å². The van der Waals surface area contributed by atoms with Crippen molar-refractivity contribution in [1.29, 1.82) is 0 Å². The molecule has 2 unspecified atom stereocenters. The van der Waals surface area contributed by atoms with Gasteiger partial charge in [-0.3, -0.25) is 0 Å². The van der Waals surface area contributed by atoms with E-state index in [9.17, 15) is 8.42 Å². The topological polar surface area (TPSA) is 55.4 Å². The SMILES string of the molecule is CNC(CCCS(C)(=O)=O)CC1CCCO1. The molecule has 1 rings (SSSR count). The van der Waals surface area contributed by atoms with Gasteiger partial charge in [0, 0.05) is 24.7 Å². The van der Waals surface area contributed by atoms with E-state index in [0.29, 0.717) is 12.1 Å². The summed E-state index contributed by atoms with van der Waals surface area (Å²) in [6.45, 7) is 0.879. The lowest BCUT2D eigenvalue weighted by molar-refractivity contribution is 0.0944. The Kier molecular flexibility index (Phi) is 5.72. The van der Waals surface area contributed by atoms with E-state index in [4.69, 9.17) is 4.74 Å². The maximum absolute atomic E-state index is 11.0. The van der Waals surface area contributed by atoms with Gasteiger partial charge in [-0.05, 0) is 39.2 Å². The second-order valence-electron chi connectivity index (χ2n) is 4.63. The minimum Gasteiger partial charge on any atom is -0.378 e. The van der Waals surface area contributed by atoms with E-state index in [1.807, 2.05) is 7.05 Å². The summed E-state index contributed by atoms with van der Waals surface area (Å²) in [5, 5.41) is 3.24. The number of sulfone groups is 1. The summed E-state index contributed by atoms with van der Waals surface area (Å²) in [6.07, 6.45) is 6.60. The molecule has 1 heterocycles. The van der Waals surface area contributed by atoms with Crippen LogP contribution in [-0.2, 0) is 14.6 Å². The van der Waals surface area contributed by atoms with Crippen LogP contribution in [0.15, 0.2) is 0 Å². The second kappa shape index (κ2) is 6.57. The van der Waals surface area contributed by atoms with E-state index in [2.05, 4.69) is 5.32 Å². The molecule has 16 heavy (non-hydrogen) atoms. The molecule has 0 radical (unpaired) electrons. The summed E-state index contributed by atoms with van der Waals surface area (Å²) in [5.74, 6) is 0.288. The quantitative estimate of drug-likeness (QED) is 0.730. The summed E-state index contributed by atoms with van der Waals surface area (Å²) in [5.41, 5.74) is 0. The highest BCUT2D eigenvalue weighted by Crippen LogP contribution is 2.18. The Balaban J connectivity index is 2.20. The average molecular weight is 249 g/mol. The third-order valence-electron chi connectivity index (χ3n) is 3.05. The van der Waals surface area contributed by atoms with Crippen molar-refractivity contribution in [3.05, 3.63) is 0 Å². The Morgan fingerprint density at radius 2 is 2.25 bits per heavy atom. The smallest absolute Gasteiger partial charge is 0.147 e. The van der Waals surface area contributed by atoms with Gasteiger partial charge in [-0.25, -0.2) is 8.42 Å². The van der Waals surface area contributed by atoms with Crippen molar-refractivity contribution in [2.24, 2.45) is 0 Å². The zero-order valence-electron chi connectivity index (χ0n) is 10.2. The van der Waals surface area contributed by atoms with Gasteiger partial charge in [-0.1, -0.05) is 0 Å². The monoisotopic (exact) mass is 249 g/mol. The van der Waals surface area contributed by atoms with Gasteiger partial charge in [0.05, 0.1) is 6.10 Å². The first kappa shape index (κ1) is 13.9. The summed E-state index contributed by atoms with van der Waals surface area (Å²) in [7, 11) is -0.884. The molecule has 5 heteroatoms. The minimum atomic E-state index is -2.81. The maximum Gasteiger partial charge on any atom is 0.147 e. The molecule has 1 aliphatic rings. The van der Waals surface area contributed by atoms with Crippen LogP contribution in [0.2, 0.25) is 0 Å². The molecule has 0 aromatic carbocycles. The molecule has 96 valence electrons.